The van der Waals surface area contributed by atoms with Gasteiger partial charge < -0.3 is 23.8 Å². The van der Waals surface area contributed by atoms with Crippen LogP contribution in [0.1, 0.15) is 28.8 Å². The first-order valence-electron chi connectivity index (χ1n) is 10.3. The van der Waals surface area contributed by atoms with Crippen molar-refractivity contribution >= 4 is 5.91 Å². The van der Waals surface area contributed by atoms with Crippen LogP contribution in [0.3, 0.4) is 0 Å². The van der Waals surface area contributed by atoms with Crippen molar-refractivity contribution < 1.29 is 36.9 Å². The van der Waals surface area contributed by atoms with E-state index in [0.717, 1.165) is 5.56 Å². The number of nitrogens with zero attached hydrogens (tertiary/aromatic N) is 1. The average molecular weight is 451 g/mol. The number of hydrogen-bond donors (Lipinski definition) is 0. The van der Waals surface area contributed by atoms with Crippen molar-refractivity contribution in [2.24, 2.45) is 0 Å². The number of amides is 1. The lowest BCUT2D eigenvalue weighted by Gasteiger charge is -2.42. The number of rotatable bonds is 6. The van der Waals surface area contributed by atoms with Crippen LogP contribution in [0.5, 0.6) is 11.5 Å². The Bertz CT molecular complexity index is 952. The Hall–Kier alpha value is -2.78. The first-order valence-corrected chi connectivity index (χ1v) is 10.3. The summed E-state index contributed by atoms with van der Waals surface area (Å²) in [5, 5.41) is 0. The zero-order valence-corrected chi connectivity index (χ0v) is 17.6. The molecule has 0 radical (unpaired) electrons. The van der Waals surface area contributed by atoms with Crippen LogP contribution in [0, 0.1) is 0 Å². The minimum absolute atomic E-state index is 0.155. The third kappa shape index (κ3) is 4.54. The number of carbonyl (C=O) groups is 1. The maximum atomic E-state index is 13.1. The minimum Gasteiger partial charge on any atom is -0.493 e. The van der Waals surface area contributed by atoms with Gasteiger partial charge in [0.05, 0.1) is 26.7 Å². The molecule has 4 rings (SSSR count). The summed E-state index contributed by atoms with van der Waals surface area (Å²) in [6.07, 6.45) is -5.09. The molecule has 0 N–H and O–H groups in total. The van der Waals surface area contributed by atoms with Crippen molar-refractivity contribution in [2.45, 2.75) is 30.7 Å². The van der Waals surface area contributed by atoms with E-state index in [1.54, 1.807) is 4.90 Å². The van der Waals surface area contributed by atoms with E-state index in [9.17, 15) is 18.0 Å². The highest BCUT2D eigenvalue weighted by atomic mass is 19.4. The summed E-state index contributed by atoms with van der Waals surface area (Å²) in [7, 11) is 1.37. The number of hydrogen-bond acceptors (Lipinski definition) is 5. The second kappa shape index (κ2) is 8.99. The lowest BCUT2D eigenvalue weighted by atomic mass is 9.82. The summed E-state index contributed by atoms with van der Waals surface area (Å²) in [5.74, 6) is 0.138. The lowest BCUT2D eigenvalue weighted by Crippen LogP contribution is -2.53. The van der Waals surface area contributed by atoms with E-state index >= 15 is 0 Å². The topological polar surface area (TPSA) is 57.2 Å². The molecule has 0 bridgehead atoms. The predicted molar refractivity (Wildman–Crippen MR) is 109 cm³/mol. The highest BCUT2D eigenvalue weighted by molar-refractivity contribution is 5.95. The fraction of sp³-hybridized carbons (Fsp3) is 0.435. The standard InChI is InChI=1S/C23H24F3NO5/c1-29-19-13-16(7-8-18(19)30-12-10-23(24,25)26)21(28)27-11-9-22(17-5-3-2-4-6-17)20(14-27)31-15-32-22/h2-8,13,20H,9-12,14-15H2,1H3/t20-,22+/m0/s1. The van der Waals surface area contributed by atoms with E-state index in [1.807, 2.05) is 30.3 Å². The molecule has 6 nitrogen and oxygen atoms in total. The molecule has 0 aliphatic carbocycles. The van der Waals surface area contributed by atoms with Gasteiger partial charge in [0.25, 0.3) is 5.91 Å². The quantitative estimate of drug-likeness (QED) is 0.661. The largest absolute Gasteiger partial charge is 0.493 e. The molecular weight excluding hydrogens is 427 g/mol. The molecular formula is C23H24F3NO5. The summed E-state index contributed by atoms with van der Waals surface area (Å²) < 4.78 is 59.3. The molecule has 0 spiro atoms. The molecule has 2 heterocycles. The van der Waals surface area contributed by atoms with Crippen molar-refractivity contribution in [1.82, 2.24) is 4.90 Å². The van der Waals surface area contributed by atoms with Crippen molar-refractivity contribution in [2.75, 3.05) is 33.6 Å². The Morgan fingerprint density at radius 2 is 1.97 bits per heavy atom. The zero-order chi connectivity index (χ0) is 22.8. The second-order valence-corrected chi connectivity index (χ2v) is 7.75. The zero-order valence-electron chi connectivity index (χ0n) is 17.6. The van der Waals surface area contributed by atoms with Gasteiger partial charge in [0.1, 0.15) is 18.5 Å². The molecule has 2 saturated heterocycles. The molecule has 2 aliphatic rings. The second-order valence-electron chi connectivity index (χ2n) is 7.75. The first kappa shape index (κ1) is 22.4. The summed E-state index contributed by atoms with van der Waals surface area (Å²) in [6, 6.07) is 14.3. The van der Waals surface area contributed by atoms with Crippen molar-refractivity contribution in [3.05, 3.63) is 59.7 Å². The molecule has 9 heteroatoms. The van der Waals surface area contributed by atoms with Gasteiger partial charge in [-0.25, -0.2) is 0 Å². The first-order chi connectivity index (χ1) is 15.3. The Balaban J connectivity index is 1.46. The Kier molecular flexibility index (Phi) is 6.30. The van der Waals surface area contributed by atoms with E-state index in [4.69, 9.17) is 18.9 Å². The van der Waals surface area contributed by atoms with Gasteiger partial charge in [-0.05, 0) is 23.8 Å². The summed E-state index contributed by atoms with van der Waals surface area (Å²) in [5.41, 5.74) is 0.805. The molecule has 0 aromatic heterocycles. The van der Waals surface area contributed by atoms with E-state index in [2.05, 4.69) is 0 Å². The number of likely N-dealkylation sites (tertiary alicyclic amines) is 1. The van der Waals surface area contributed by atoms with Gasteiger partial charge in [-0.15, -0.1) is 0 Å². The third-order valence-electron chi connectivity index (χ3n) is 5.85. The highest BCUT2D eigenvalue weighted by Gasteiger charge is 2.51. The molecule has 2 atom stereocenters. The van der Waals surface area contributed by atoms with Gasteiger partial charge in [-0.3, -0.25) is 4.79 Å². The normalized spacial score (nSPS) is 23.0. The summed E-state index contributed by atoms with van der Waals surface area (Å²) >= 11 is 0. The monoisotopic (exact) mass is 451 g/mol. The molecule has 32 heavy (non-hydrogen) atoms. The SMILES string of the molecule is COc1cc(C(=O)N2CC[C@]3(c4ccccc4)OCO[C@H]3C2)ccc1OCCC(F)(F)F. The van der Waals surface area contributed by atoms with Crippen LogP contribution in [0.25, 0.3) is 0 Å². The molecule has 1 amide bonds. The van der Waals surface area contributed by atoms with Gasteiger partial charge >= 0.3 is 6.18 Å². The van der Waals surface area contributed by atoms with Crippen molar-refractivity contribution in [1.29, 1.82) is 0 Å². The van der Waals surface area contributed by atoms with Gasteiger partial charge in [0, 0.05) is 18.5 Å². The average Bonchev–Trinajstić information content (AvgIpc) is 3.23. The van der Waals surface area contributed by atoms with Crippen molar-refractivity contribution in [3.8, 4) is 11.5 Å². The third-order valence-corrected chi connectivity index (χ3v) is 5.85. The van der Waals surface area contributed by atoms with Crippen LogP contribution in [-0.2, 0) is 15.1 Å². The van der Waals surface area contributed by atoms with E-state index in [1.165, 1.54) is 25.3 Å². The van der Waals surface area contributed by atoms with Gasteiger partial charge in [-0.2, -0.15) is 13.2 Å². The number of alkyl halides is 3. The maximum Gasteiger partial charge on any atom is 0.392 e. The van der Waals surface area contributed by atoms with E-state index in [-0.39, 0.29) is 30.3 Å². The molecule has 172 valence electrons. The molecule has 2 aromatic rings. The van der Waals surface area contributed by atoms with Crippen LogP contribution >= 0.6 is 0 Å². The smallest absolute Gasteiger partial charge is 0.392 e. The predicted octanol–water partition coefficient (Wildman–Crippen LogP) is 4.14. The molecule has 0 saturated carbocycles. The van der Waals surface area contributed by atoms with Gasteiger partial charge in [0.15, 0.2) is 11.5 Å². The highest BCUT2D eigenvalue weighted by Crippen LogP contribution is 2.42. The fourth-order valence-electron chi connectivity index (χ4n) is 4.17. The molecule has 0 unspecified atom stereocenters. The minimum atomic E-state index is -4.31. The number of carbonyl (C=O) groups excluding carboxylic acids is 1. The Labute approximate surface area is 183 Å². The van der Waals surface area contributed by atoms with E-state index < -0.39 is 24.8 Å². The van der Waals surface area contributed by atoms with Gasteiger partial charge in [-0.1, -0.05) is 30.3 Å². The number of ether oxygens (including phenoxy) is 4. The number of halogens is 3. The molecule has 2 aliphatic heterocycles. The molecule has 2 aromatic carbocycles. The number of fused-ring (bicyclic) bond motifs is 1. The lowest BCUT2D eigenvalue weighted by molar-refractivity contribution is -0.139. The van der Waals surface area contributed by atoms with Crippen LogP contribution in [-0.4, -0.2) is 56.7 Å². The van der Waals surface area contributed by atoms with Crippen LogP contribution in [0.15, 0.2) is 48.5 Å². The van der Waals surface area contributed by atoms with Crippen LogP contribution in [0.2, 0.25) is 0 Å². The van der Waals surface area contributed by atoms with Gasteiger partial charge in [0.2, 0.25) is 0 Å². The van der Waals surface area contributed by atoms with Crippen molar-refractivity contribution in [3.63, 3.8) is 0 Å². The summed E-state index contributed by atoms with van der Waals surface area (Å²) in [4.78, 5) is 14.8. The number of benzene rings is 2. The molecule has 2 fully saturated rings. The number of piperidine rings is 1. The Morgan fingerprint density at radius 3 is 2.69 bits per heavy atom. The maximum absolute atomic E-state index is 13.1. The summed E-state index contributed by atoms with van der Waals surface area (Å²) in [6.45, 7) is 0.471. The van der Waals surface area contributed by atoms with E-state index in [0.29, 0.717) is 25.1 Å². The Morgan fingerprint density at radius 1 is 1.19 bits per heavy atom. The van der Waals surface area contributed by atoms with Crippen LogP contribution < -0.4 is 9.47 Å². The fourth-order valence-corrected chi connectivity index (χ4v) is 4.17. The number of methoxy groups -OCH3 is 1. The van der Waals surface area contributed by atoms with Crippen LogP contribution in [0.4, 0.5) is 13.2 Å².